The smallest absolute Gasteiger partial charge is 0.0246 e. The van der Waals surface area contributed by atoms with Crippen LogP contribution >= 0.6 is 0 Å². The first-order valence-corrected chi connectivity index (χ1v) is 6.94. The minimum atomic E-state index is 0.443. The summed E-state index contributed by atoms with van der Waals surface area (Å²) in [6.45, 7) is 5.04. The summed E-state index contributed by atoms with van der Waals surface area (Å²) in [5, 5.41) is 6.13. The fraction of sp³-hybridized carbons (Fsp3) is 0.333. The van der Waals surface area contributed by atoms with E-state index in [4.69, 9.17) is 0 Å². The first-order chi connectivity index (χ1) is 9.33. The van der Waals surface area contributed by atoms with Crippen LogP contribution in [0, 0.1) is 11.8 Å². The van der Waals surface area contributed by atoms with E-state index in [1.807, 2.05) is 6.92 Å². The number of likely N-dealkylation sites (N-methyl/N-ethyl adjacent to an activating group) is 1. The van der Waals surface area contributed by atoms with Gasteiger partial charge in [0.25, 0.3) is 0 Å². The Hall–Kier alpha value is -1.78. The summed E-state index contributed by atoms with van der Waals surface area (Å²) in [5.74, 6) is 6.16. The van der Waals surface area contributed by atoms with Crippen molar-refractivity contribution < 1.29 is 0 Å². The molecule has 0 saturated carbocycles. The molecule has 0 amide bonds. The molecule has 1 N–H and O–H groups in total. The van der Waals surface area contributed by atoms with Crippen molar-refractivity contribution >= 4 is 10.8 Å². The van der Waals surface area contributed by atoms with Gasteiger partial charge < -0.3 is 5.32 Å². The van der Waals surface area contributed by atoms with Gasteiger partial charge in [0, 0.05) is 12.5 Å². The lowest BCUT2D eigenvalue weighted by molar-refractivity contribution is 0.535. The number of benzene rings is 2. The van der Waals surface area contributed by atoms with E-state index in [-0.39, 0.29) is 0 Å². The van der Waals surface area contributed by atoms with Crippen LogP contribution in [-0.2, 0) is 6.42 Å². The van der Waals surface area contributed by atoms with Gasteiger partial charge in [-0.2, -0.15) is 0 Å². The highest BCUT2D eigenvalue weighted by Gasteiger charge is 2.07. The van der Waals surface area contributed by atoms with Crippen molar-refractivity contribution in [1.29, 1.82) is 0 Å². The van der Waals surface area contributed by atoms with Crippen LogP contribution in [0.1, 0.15) is 25.8 Å². The summed E-state index contributed by atoms with van der Waals surface area (Å²) in [6, 6.07) is 15.7. The molecule has 0 aromatic heterocycles. The minimum Gasteiger partial charge on any atom is -0.313 e. The molecule has 1 atom stereocenters. The summed E-state index contributed by atoms with van der Waals surface area (Å²) in [7, 11) is 0. The number of hydrogen-bond donors (Lipinski definition) is 1. The van der Waals surface area contributed by atoms with Crippen molar-refractivity contribution in [3.63, 3.8) is 0 Å². The molecular weight excluding hydrogens is 230 g/mol. The van der Waals surface area contributed by atoms with Crippen LogP contribution in [0.2, 0.25) is 0 Å². The lowest BCUT2D eigenvalue weighted by Crippen LogP contribution is -2.30. The van der Waals surface area contributed by atoms with Crippen molar-refractivity contribution in [2.45, 2.75) is 32.7 Å². The second kappa shape index (κ2) is 6.97. The Labute approximate surface area is 116 Å². The zero-order valence-corrected chi connectivity index (χ0v) is 11.7. The Morgan fingerprint density at radius 1 is 1.11 bits per heavy atom. The molecule has 2 rings (SSSR count). The van der Waals surface area contributed by atoms with Crippen molar-refractivity contribution in [3.8, 4) is 11.8 Å². The standard InChI is InChI=1S/C18H21N/c1-3-5-10-18(19-4-2)14-15-11-12-16-8-6-7-9-17(16)13-15/h6-9,11-13,18-19H,4,10,14H2,1-2H3. The van der Waals surface area contributed by atoms with Crippen LogP contribution in [-0.4, -0.2) is 12.6 Å². The Balaban J connectivity index is 2.15. The lowest BCUT2D eigenvalue weighted by Gasteiger charge is -2.15. The van der Waals surface area contributed by atoms with Crippen LogP contribution in [0.5, 0.6) is 0 Å². The van der Waals surface area contributed by atoms with Crippen LogP contribution in [0.4, 0.5) is 0 Å². The number of hydrogen-bond acceptors (Lipinski definition) is 1. The zero-order chi connectivity index (χ0) is 13.5. The third-order valence-corrected chi connectivity index (χ3v) is 3.31. The highest BCUT2D eigenvalue weighted by molar-refractivity contribution is 5.82. The van der Waals surface area contributed by atoms with E-state index in [0.717, 1.165) is 19.4 Å². The largest absolute Gasteiger partial charge is 0.313 e. The SMILES string of the molecule is CC#CCC(Cc1ccc2ccccc2c1)NCC. The Morgan fingerprint density at radius 2 is 1.89 bits per heavy atom. The van der Waals surface area contributed by atoms with Gasteiger partial charge in [0.15, 0.2) is 0 Å². The molecule has 19 heavy (non-hydrogen) atoms. The van der Waals surface area contributed by atoms with Gasteiger partial charge >= 0.3 is 0 Å². The maximum absolute atomic E-state index is 3.51. The van der Waals surface area contributed by atoms with E-state index >= 15 is 0 Å². The predicted octanol–water partition coefficient (Wildman–Crippen LogP) is 3.77. The minimum absolute atomic E-state index is 0.443. The van der Waals surface area contributed by atoms with Gasteiger partial charge in [-0.15, -0.1) is 11.8 Å². The molecule has 1 nitrogen and oxygen atoms in total. The summed E-state index contributed by atoms with van der Waals surface area (Å²) < 4.78 is 0. The highest BCUT2D eigenvalue weighted by atomic mass is 14.9. The van der Waals surface area contributed by atoms with E-state index in [2.05, 4.69) is 66.5 Å². The van der Waals surface area contributed by atoms with Gasteiger partial charge in [-0.25, -0.2) is 0 Å². The monoisotopic (exact) mass is 251 g/mol. The molecule has 1 unspecified atom stereocenters. The van der Waals surface area contributed by atoms with Crippen LogP contribution < -0.4 is 5.32 Å². The molecule has 0 aliphatic rings. The average Bonchev–Trinajstić information content (AvgIpc) is 2.45. The van der Waals surface area contributed by atoms with Crippen molar-refractivity contribution in [1.82, 2.24) is 5.32 Å². The van der Waals surface area contributed by atoms with E-state index in [1.54, 1.807) is 0 Å². The van der Waals surface area contributed by atoms with E-state index in [0.29, 0.717) is 6.04 Å². The zero-order valence-electron chi connectivity index (χ0n) is 11.7. The fourth-order valence-corrected chi connectivity index (χ4v) is 2.38. The summed E-state index contributed by atoms with van der Waals surface area (Å²) in [6.07, 6.45) is 1.95. The molecular formula is C18H21N. The Morgan fingerprint density at radius 3 is 2.63 bits per heavy atom. The quantitative estimate of drug-likeness (QED) is 0.798. The third-order valence-electron chi connectivity index (χ3n) is 3.31. The first kappa shape index (κ1) is 13.6. The molecule has 0 fully saturated rings. The molecule has 2 aromatic rings. The summed E-state index contributed by atoms with van der Waals surface area (Å²) in [5.41, 5.74) is 1.38. The number of rotatable bonds is 5. The first-order valence-electron chi connectivity index (χ1n) is 6.94. The van der Waals surface area contributed by atoms with Crippen LogP contribution in [0.15, 0.2) is 42.5 Å². The number of fused-ring (bicyclic) bond motifs is 1. The molecule has 0 saturated heterocycles. The second-order valence-corrected chi connectivity index (χ2v) is 4.77. The van der Waals surface area contributed by atoms with Crippen molar-refractivity contribution in [3.05, 3.63) is 48.0 Å². The molecule has 0 aliphatic heterocycles. The molecule has 0 heterocycles. The van der Waals surface area contributed by atoms with Crippen LogP contribution in [0.25, 0.3) is 10.8 Å². The molecule has 1 heteroatoms. The Kier molecular flexibility index (Phi) is 5.01. The Bertz CT molecular complexity index is 589. The molecule has 0 spiro atoms. The summed E-state index contributed by atoms with van der Waals surface area (Å²) in [4.78, 5) is 0. The summed E-state index contributed by atoms with van der Waals surface area (Å²) >= 11 is 0. The lowest BCUT2D eigenvalue weighted by atomic mass is 10.00. The van der Waals surface area contributed by atoms with E-state index in [1.165, 1.54) is 16.3 Å². The molecule has 0 aliphatic carbocycles. The van der Waals surface area contributed by atoms with Gasteiger partial charge in [-0.1, -0.05) is 49.4 Å². The van der Waals surface area contributed by atoms with Gasteiger partial charge in [0.05, 0.1) is 0 Å². The average molecular weight is 251 g/mol. The van der Waals surface area contributed by atoms with Gasteiger partial charge in [-0.3, -0.25) is 0 Å². The van der Waals surface area contributed by atoms with E-state index in [9.17, 15) is 0 Å². The predicted molar refractivity (Wildman–Crippen MR) is 83.2 cm³/mol. The normalized spacial score (nSPS) is 11.9. The fourth-order valence-electron chi connectivity index (χ4n) is 2.38. The highest BCUT2D eigenvalue weighted by Crippen LogP contribution is 2.17. The van der Waals surface area contributed by atoms with Crippen molar-refractivity contribution in [2.24, 2.45) is 0 Å². The number of nitrogens with one attached hydrogen (secondary N) is 1. The van der Waals surface area contributed by atoms with Gasteiger partial charge in [0.2, 0.25) is 0 Å². The maximum Gasteiger partial charge on any atom is 0.0246 e. The van der Waals surface area contributed by atoms with E-state index < -0.39 is 0 Å². The van der Waals surface area contributed by atoms with Gasteiger partial charge in [0.1, 0.15) is 0 Å². The maximum atomic E-state index is 3.51. The van der Waals surface area contributed by atoms with Crippen molar-refractivity contribution in [2.75, 3.05) is 6.54 Å². The third kappa shape index (κ3) is 3.84. The molecule has 2 aromatic carbocycles. The van der Waals surface area contributed by atoms with Gasteiger partial charge in [-0.05, 0) is 36.2 Å². The second-order valence-electron chi connectivity index (χ2n) is 4.77. The molecule has 0 bridgehead atoms. The topological polar surface area (TPSA) is 12.0 Å². The molecule has 0 radical (unpaired) electrons. The van der Waals surface area contributed by atoms with Crippen LogP contribution in [0.3, 0.4) is 0 Å². The molecule has 98 valence electrons.